The van der Waals surface area contributed by atoms with Gasteiger partial charge in [0.1, 0.15) is 0 Å². The average molecular weight is 354 g/mol. The number of hydrogen-bond acceptors (Lipinski definition) is 5. The quantitative estimate of drug-likeness (QED) is 0.898. The van der Waals surface area contributed by atoms with E-state index in [0.29, 0.717) is 21.9 Å². The zero-order valence-electron chi connectivity index (χ0n) is 12.7. The number of hydrogen-bond donors (Lipinski definition) is 1. The van der Waals surface area contributed by atoms with Gasteiger partial charge in [0.05, 0.1) is 22.4 Å². The molecule has 2 aliphatic rings. The van der Waals surface area contributed by atoms with Crippen molar-refractivity contribution in [2.24, 2.45) is 0 Å². The van der Waals surface area contributed by atoms with Crippen LogP contribution in [-0.2, 0) is 10.5 Å². The molecule has 1 N–H and O–H groups in total. The molecule has 1 amide bonds. The molecular weight excluding hydrogens is 340 g/mol. The lowest BCUT2D eigenvalue weighted by molar-refractivity contribution is -0.149. The van der Waals surface area contributed by atoms with Crippen molar-refractivity contribution in [2.45, 2.75) is 18.1 Å². The fourth-order valence-corrected chi connectivity index (χ4v) is 5.47. The highest BCUT2D eigenvalue weighted by Gasteiger charge is 2.51. The molecule has 4 rings (SSSR count). The lowest BCUT2D eigenvalue weighted by atomic mass is 9.90. The molecule has 6 heteroatoms. The number of benzene rings is 1. The first-order chi connectivity index (χ1) is 11.6. The highest BCUT2D eigenvalue weighted by molar-refractivity contribution is 8.03. The minimum absolute atomic E-state index is 0.140. The van der Waals surface area contributed by atoms with Crippen molar-refractivity contribution in [1.82, 2.24) is 4.90 Å². The maximum atomic E-state index is 12.8. The van der Waals surface area contributed by atoms with Crippen LogP contribution in [0.15, 0.2) is 58.4 Å². The number of carbonyl (C=O) groups excluding carboxylic acids is 1. The van der Waals surface area contributed by atoms with E-state index in [1.54, 1.807) is 11.3 Å². The van der Waals surface area contributed by atoms with Crippen molar-refractivity contribution >= 4 is 29.0 Å². The topological polar surface area (TPSA) is 64.3 Å². The van der Waals surface area contributed by atoms with Crippen LogP contribution in [0, 0.1) is 11.3 Å². The minimum Gasteiger partial charge on any atom is -0.366 e. The van der Waals surface area contributed by atoms with Gasteiger partial charge in [-0.3, -0.25) is 9.69 Å². The van der Waals surface area contributed by atoms with Gasteiger partial charge in [-0.25, -0.2) is 0 Å². The summed E-state index contributed by atoms with van der Waals surface area (Å²) in [6.45, 7) is 0. The molecule has 4 nitrogen and oxygen atoms in total. The molecule has 3 heterocycles. The number of aliphatic hydroxyl groups is 1. The summed E-state index contributed by atoms with van der Waals surface area (Å²) in [5.41, 5.74) is -0.137. The van der Waals surface area contributed by atoms with Gasteiger partial charge in [-0.1, -0.05) is 36.4 Å². The van der Waals surface area contributed by atoms with Gasteiger partial charge in [0.15, 0.2) is 5.72 Å². The Morgan fingerprint density at radius 1 is 1.25 bits per heavy atom. The average Bonchev–Trinajstić information content (AvgIpc) is 3.25. The van der Waals surface area contributed by atoms with Crippen LogP contribution in [0.1, 0.15) is 22.8 Å². The first-order valence-corrected chi connectivity index (χ1v) is 9.43. The molecule has 0 aliphatic carbocycles. The second-order valence-electron chi connectivity index (χ2n) is 5.80. The van der Waals surface area contributed by atoms with Crippen molar-refractivity contribution < 1.29 is 9.90 Å². The number of rotatable bonds is 2. The molecule has 0 radical (unpaired) electrons. The van der Waals surface area contributed by atoms with Gasteiger partial charge in [-0.15, -0.1) is 23.1 Å². The normalized spacial score (nSPS) is 26.4. The number of fused-ring (bicyclic) bond motifs is 1. The molecule has 1 saturated heterocycles. The van der Waals surface area contributed by atoms with Crippen LogP contribution in [0.3, 0.4) is 0 Å². The monoisotopic (exact) mass is 354 g/mol. The zero-order chi connectivity index (χ0) is 16.7. The van der Waals surface area contributed by atoms with E-state index in [4.69, 9.17) is 0 Å². The van der Waals surface area contributed by atoms with E-state index in [2.05, 4.69) is 6.07 Å². The van der Waals surface area contributed by atoms with Crippen molar-refractivity contribution in [1.29, 1.82) is 5.26 Å². The highest BCUT2D eigenvalue weighted by atomic mass is 32.2. The van der Waals surface area contributed by atoms with Crippen LogP contribution in [0.25, 0.3) is 0 Å². The molecule has 24 heavy (non-hydrogen) atoms. The lowest BCUT2D eigenvalue weighted by Gasteiger charge is -2.37. The molecular formula is C18H14N2O2S2. The van der Waals surface area contributed by atoms with Crippen LogP contribution in [0.2, 0.25) is 0 Å². The van der Waals surface area contributed by atoms with Crippen LogP contribution in [0.5, 0.6) is 0 Å². The Balaban J connectivity index is 1.83. The van der Waals surface area contributed by atoms with Gasteiger partial charge in [0.2, 0.25) is 5.91 Å². The third-order valence-corrected chi connectivity index (χ3v) is 6.64. The standard InChI is InChI=1S/C18H14N2O2S2/c19-10-14-13(15-7-4-8-23-15)9-16(21)20-17(14)24-11-18(20,22)12-5-2-1-3-6-12/h1-8,13,22H,9,11H2/t13-,18-/m1/s1. The Morgan fingerprint density at radius 2 is 2.04 bits per heavy atom. The van der Waals surface area contributed by atoms with Crippen molar-refractivity contribution in [3.05, 3.63) is 68.9 Å². The number of thioether (sulfide) groups is 1. The second-order valence-corrected chi connectivity index (χ2v) is 7.75. The predicted molar refractivity (Wildman–Crippen MR) is 94.0 cm³/mol. The molecule has 120 valence electrons. The largest absolute Gasteiger partial charge is 0.366 e. The van der Waals surface area contributed by atoms with E-state index in [1.807, 2.05) is 47.8 Å². The summed E-state index contributed by atoms with van der Waals surface area (Å²) in [4.78, 5) is 15.3. The molecule has 1 fully saturated rings. The minimum atomic E-state index is -1.39. The van der Waals surface area contributed by atoms with Gasteiger partial charge in [-0.05, 0) is 11.4 Å². The van der Waals surface area contributed by atoms with E-state index < -0.39 is 5.72 Å². The molecule has 0 saturated carbocycles. The molecule has 2 aromatic rings. The summed E-state index contributed by atoms with van der Waals surface area (Å²) in [7, 11) is 0. The van der Waals surface area contributed by atoms with Gasteiger partial charge >= 0.3 is 0 Å². The Labute approximate surface area is 148 Å². The van der Waals surface area contributed by atoms with Crippen molar-refractivity contribution in [2.75, 3.05) is 5.75 Å². The predicted octanol–water partition coefficient (Wildman–Crippen LogP) is 3.39. The summed E-state index contributed by atoms with van der Waals surface area (Å²) in [5.74, 6) is -0.0152. The summed E-state index contributed by atoms with van der Waals surface area (Å²) < 4.78 is 0. The Bertz CT molecular complexity index is 855. The zero-order valence-corrected chi connectivity index (χ0v) is 14.3. The molecule has 2 atom stereocenters. The third kappa shape index (κ3) is 2.20. The van der Waals surface area contributed by atoms with Crippen molar-refractivity contribution in [3.63, 3.8) is 0 Å². The Kier molecular flexibility index (Phi) is 3.72. The molecule has 0 bridgehead atoms. The van der Waals surface area contributed by atoms with Gasteiger partial charge in [-0.2, -0.15) is 5.26 Å². The van der Waals surface area contributed by atoms with Gasteiger partial charge < -0.3 is 5.11 Å². The summed E-state index contributed by atoms with van der Waals surface area (Å²) in [6, 6.07) is 15.4. The Hall–Kier alpha value is -2.07. The summed E-state index contributed by atoms with van der Waals surface area (Å²) >= 11 is 2.94. The first-order valence-electron chi connectivity index (χ1n) is 7.56. The summed E-state index contributed by atoms with van der Waals surface area (Å²) in [6.07, 6.45) is 0.211. The van der Waals surface area contributed by atoms with E-state index in [0.717, 1.165) is 4.88 Å². The number of nitrogens with zero attached hydrogens (tertiary/aromatic N) is 2. The van der Waals surface area contributed by atoms with Crippen LogP contribution in [-0.4, -0.2) is 21.7 Å². The molecule has 1 aromatic carbocycles. The van der Waals surface area contributed by atoms with E-state index in [9.17, 15) is 15.2 Å². The maximum Gasteiger partial charge on any atom is 0.231 e. The smallest absolute Gasteiger partial charge is 0.231 e. The number of thiophene rings is 1. The molecule has 2 aliphatic heterocycles. The van der Waals surface area contributed by atoms with Crippen LogP contribution >= 0.6 is 23.1 Å². The lowest BCUT2D eigenvalue weighted by Crippen LogP contribution is -2.48. The third-order valence-electron chi connectivity index (χ3n) is 4.43. The Morgan fingerprint density at radius 3 is 2.71 bits per heavy atom. The fraction of sp³-hybridized carbons (Fsp3) is 0.222. The number of allylic oxidation sites excluding steroid dienone is 1. The summed E-state index contributed by atoms with van der Waals surface area (Å²) in [5, 5.41) is 23.4. The van der Waals surface area contributed by atoms with Gasteiger partial charge in [0.25, 0.3) is 0 Å². The highest BCUT2D eigenvalue weighted by Crippen LogP contribution is 2.52. The first kappa shape index (κ1) is 15.5. The van der Waals surface area contributed by atoms with Crippen molar-refractivity contribution in [3.8, 4) is 6.07 Å². The number of amides is 1. The molecule has 0 unspecified atom stereocenters. The number of nitriles is 1. The van der Waals surface area contributed by atoms with Crippen LogP contribution in [0.4, 0.5) is 0 Å². The van der Waals surface area contributed by atoms with Gasteiger partial charge in [0, 0.05) is 22.8 Å². The molecule has 0 spiro atoms. The van der Waals surface area contributed by atoms with E-state index in [-0.39, 0.29) is 18.2 Å². The maximum absolute atomic E-state index is 12.8. The van der Waals surface area contributed by atoms with E-state index >= 15 is 0 Å². The number of carbonyl (C=O) groups is 1. The van der Waals surface area contributed by atoms with Crippen LogP contribution < -0.4 is 0 Å². The second kappa shape index (κ2) is 5.78. The SMILES string of the molecule is N#CC1=C2SC[C@@](O)(c3ccccc3)N2C(=O)C[C@H]1c1cccs1. The van der Waals surface area contributed by atoms with E-state index in [1.165, 1.54) is 16.7 Å². The molecule has 1 aromatic heterocycles. The fourth-order valence-electron chi connectivity index (χ4n) is 3.28.